The molecule has 3 rings (SSSR count). The number of nitrogens with one attached hydrogen (secondary N) is 2. The Labute approximate surface area is 186 Å². The molecule has 2 saturated heterocycles. The van der Waals surface area contributed by atoms with Crippen LogP contribution in [0.4, 0.5) is 0 Å². The molecule has 2 aliphatic heterocycles. The van der Waals surface area contributed by atoms with Gasteiger partial charge in [0.25, 0.3) is 0 Å². The highest BCUT2D eigenvalue weighted by molar-refractivity contribution is 14.0. The second-order valence-corrected chi connectivity index (χ2v) is 7.22. The van der Waals surface area contributed by atoms with E-state index in [1.807, 2.05) is 0 Å². The van der Waals surface area contributed by atoms with E-state index in [0.29, 0.717) is 12.0 Å². The number of halogens is 1. The van der Waals surface area contributed by atoms with Crippen LogP contribution in [0.25, 0.3) is 0 Å². The van der Waals surface area contributed by atoms with Crippen molar-refractivity contribution in [2.24, 2.45) is 10.9 Å². The number of benzene rings is 1. The third kappa shape index (κ3) is 7.50. The van der Waals surface area contributed by atoms with Crippen LogP contribution in [-0.2, 0) is 15.9 Å². The molecule has 28 heavy (non-hydrogen) atoms. The van der Waals surface area contributed by atoms with E-state index in [2.05, 4.69) is 52.8 Å². The molecule has 0 amide bonds. The van der Waals surface area contributed by atoms with E-state index in [-0.39, 0.29) is 24.0 Å². The van der Waals surface area contributed by atoms with Crippen molar-refractivity contribution in [2.75, 3.05) is 59.2 Å². The molecule has 2 heterocycles. The van der Waals surface area contributed by atoms with Crippen LogP contribution in [0, 0.1) is 5.92 Å². The minimum Gasteiger partial charge on any atom is -0.381 e. The molecule has 0 bridgehead atoms. The fourth-order valence-electron chi connectivity index (χ4n) is 3.82. The summed E-state index contributed by atoms with van der Waals surface area (Å²) in [6.07, 6.45) is 2.13. The normalized spacial score (nSPS) is 21.8. The average molecular weight is 502 g/mol. The molecule has 158 valence electrons. The zero-order valence-electron chi connectivity index (χ0n) is 16.9. The molecule has 0 saturated carbocycles. The van der Waals surface area contributed by atoms with Gasteiger partial charge in [0, 0.05) is 44.7 Å². The molecule has 0 radical (unpaired) electrons. The fourth-order valence-corrected chi connectivity index (χ4v) is 3.82. The van der Waals surface area contributed by atoms with Crippen molar-refractivity contribution in [3.8, 4) is 0 Å². The van der Waals surface area contributed by atoms with Gasteiger partial charge in [-0.3, -0.25) is 9.89 Å². The Morgan fingerprint density at radius 1 is 1.14 bits per heavy atom. The fraction of sp³-hybridized carbons (Fsp3) is 0.667. The molecule has 0 aromatic heterocycles. The monoisotopic (exact) mass is 502 g/mol. The highest BCUT2D eigenvalue weighted by Crippen LogP contribution is 2.22. The van der Waals surface area contributed by atoms with Crippen molar-refractivity contribution >= 4 is 29.9 Å². The standard InChI is InChI=1S/C21H34N4O2.HI/c1-2-22-21(23-10-8-18-6-4-3-5-7-18)24-16-20(19-9-13-27-17-19)25-11-14-26-15-12-25;/h3-7,19-20H,2,8-17H2,1H3,(H2,22,23,24);1H. The number of hydrogen-bond donors (Lipinski definition) is 2. The number of guanidine groups is 1. The van der Waals surface area contributed by atoms with E-state index in [0.717, 1.165) is 78.0 Å². The second kappa shape index (κ2) is 13.3. The van der Waals surface area contributed by atoms with Crippen LogP contribution in [0.15, 0.2) is 35.3 Å². The number of morpholine rings is 1. The minimum absolute atomic E-state index is 0. The Hall–Kier alpha value is -0.900. The number of nitrogens with zero attached hydrogens (tertiary/aromatic N) is 2. The van der Waals surface area contributed by atoms with Gasteiger partial charge in [0.2, 0.25) is 0 Å². The number of rotatable bonds is 8. The van der Waals surface area contributed by atoms with Gasteiger partial charge < -0.3 is 20.1 Å². The van der Waals surface area contributed by atoms with E-state index in [1.165, 1.54) is 5.56 Å². The van der Waals surface area contributed by atoms with Gasteiger partial charge in [-0.25, -0.2) is 0 Å². The number of ether oxygens (including phenoxy) is 2. The van der Waals surface area contributed by atoms with Crippen LogP contribution in [0.1, 0.15) is 18.9 Å². The van der Waals surface area contributed by atoms with E-state index in [4.69, 9.17) is 14.5 Å². The maximum atomic E-state index is 5.66. The van der Waals surface area contributed by atoms with Crippen LogP contribution in [0.2, 0.25) is 0 Å². The maximum Gasteiger partial charge on any atom is 0.191 e. The molecule has 7 heteroatoms. The van der Waals surface area contributed by atoms with E-state index < -0.39 is 0 Å². The molecular formula is C21H35IN4O2. The topological polar surface area (TPSA) is 58.1 Å². The molecule has 1 aromatic carbocycles. The van der Waals surface area contributed by atoms with Crippen molar-refractivity contribution in [2.45, 2.75) is 25.8 Å². The third-order valence-corrected chi connectivity index (χ3v) is 5.35. The average Bonchev–Trinajstić information content (AvgIpc) is 3.24. The first-order valence-corrected chi connectivity index (χ1v) is 10.3. The predicted molar refractivity (Wildman–Crippen MR) is 125 cm³/mol. The minimum atomic E-state index is 0. The van der Waals surface area contributed by atoms with Gasteiger partial charge in [0.05, 0.1) is 26.4 Å². The Morgan fingerprint density at radius 2 is 1.93 bits per heavy atom. The highest BCUT2D eigenvalue weighted by atomic mass is 127. The lowest BCUT2D eigenvalue weighted by atomic mass is 9.97. The molecule has 2 N–H and O–H groups in total. The van der Waals surface area contributed by atoms with Gasteiger partial charge in [-0.2, -0.15) is 0 Å². The zero-order valence-corrected chi connectivity index (χ0v) is 19.3. The van der Waals surface area contributed by atoms with Crippen molar-refractivity contribution < 1.29 is 9.47 Å². The molecule has 1 aromatic rings. The highest BCUT2D eigenvalue weighted by Gasteiger charge is 2.31. The molecule has 0 aliphatic carbocycles. The van der Waals surface area contributed by atoms with E-state index >= 15 is 0 Å². The first kappa shape index (κ1) is 23.4. The maximum absolute atomic E-state index is 5.66. The molecular weight excluding hydrogens is 467 g/mol. The Kier molecular flexibility index (Phi) is 11.1. The lowest BCUT2D eigenvalue weighted by Crippen LogP contribution is -2.49. The summed E-state index contributed by atoms with van der Waals surface area (Å²) in [6, 6.07) is 11.0. The first-order valence-electron chi connectivity index (χ1n) is 10.3. The van der Waals surface area contributed by atoms with Crippen LogP contribution >= 0.6 is 24.0 Å². The summed E-state index contributed by atoms with van der Waals surface area (Å²) in [7, 11) is 0. The van der Waals surface area contributed by atoms with E-state index in [9.17, 15) is 0 Å². The summed E-state index contributed by atoms with van der Waals surface area (Å²) in [6.45, 7) is 10.0. The third-order valence-electron chi connectivity index (χ3n) is 5.35. The lowest BCUT2D eigenvalue weighted by molar-refractivity contribution is 0.00368. The molecule has 0 spiro atoms. The first-order chi connectivity index (χ1) is 13.4. The number of hydrogen-bond acceptors (Lipinski definition) is 4. The van der Waals surface area contributed by atoms with Gasteiger partial charge in [0.1, 0.15) is 0 Å². The molecule has 2 atom stereocenters. The summed E-state index contributed by atoms with van der Waals surface area (Å²) in [4.78, 5) is 7.46. The summed E-state index contributed by atoms with van der Waals surface area (Å²) in [5.74, 6) is 1.48. The summed E-state index contributed by atoms with van der Waals surface area (Å²) < 4.78 is 11.2. The Balaban J connectivity index is 0.00000280. The number of aliphatic imine (C=N–C) groups is 1. The van der Waals surface area contributed by atoms with Crippen molar-refractivity contribution in [3.63, 3.8) is 0 Å². The Bertz CT molecular complexity index is 561. The molecule has 2 fully saturated rings. The van der Waals surface area contributed by atoms with Crippen LogP contribution in [0.5, 0.6) is 0 Å². The van der Waals surface area contributed by atoms with Crippen LogP contribution in [-0.4, -0.2) is 76.1 Å². The molecule has 6 nitrogen and oxygen atoms in total. The molecule has 2 unspecified atom stereocenters. The van der Waals surface area contributed by atoms with Crippen molar-refractivity contribution in [3.05, 3.63) is 35.9 Å². The van der Waals surface area contributed by atoms with Gasteiger partial charge in [-0.1, -0.05) is 30.3 Å². The summed E-state index contributed by atoms with van der Waals surface area (Å²) >= 11 is 0. The van der Waals surface area contributed by atoms with Gasteiger partial charge in [-0.15, -0.1) is 24.0 Å². The smallest absolute Gasteiger partial charge is 0.191 e. The van der Waals surface area contributed by atoms with Crippen LogP contribution < -0.4 is 10.6 Å². The SMILES string of the molecule is CCNC(=NCC(C1CCOC1)N1CCOCC1)NCCc1ccccc1.I. The van der Waals surface area contributed by atoms with Gasteiger partial charge in [-0.05, 0) is 25.3 Å². The quantitative estimate of drug-likeness (QED) is 0.324. The lowest BCUT2D eigenvalue weighted by Gasteiger charge is -2.36. The van der Waals surface area contributed by atoms with Crippen LogP contribution in [0.3, 0.4) is 0 Å². The predicted octanol–water partition coefficient (Wildman–Crippen LogP) is 2.14. The summed E-state index contributed by atoms with van der Waals surface area (Å²) in [5, 5.41) is 6.86. The Morgan fingerprint density at radius 3 is 2.61 bits per heavy atom. The summed E-state index contributed by atoms with van der Waals surface area (Å²) in [5.41, 5.74) is 1.34. The molecule has 2 aliphatic rings. The van der Waals surface area contributed by atoms with Gasteiger partial charge >= 0.3 is 0 Å². The second-order valence-electron chi connectivity index (χ2n) is 7.22. The van der Waals surface area contributed by atoms with E-state index in [1.54, 1.807) is 0 Å². The largest absolute Gasteiger partial charge is 0.381 e. The van der Waals surface area contributed by atoms with Crippen molar-refractivity contribution in [1.82, 2.24) is 15.5 Å². The zero-order chi connectivity index (χ0) is 18.7. The van der Waals surface area contributed by atoms with Gasteiger partial charge in [0.15, 0.2) is 5.96 Å². The van der Waals surface area contributed by atoms with Crippen molar-refractivity contribution in [1.29, 1.82) is 0 Å².